The van der Waals surface area contributed by atoms with E-state index in [9.17, 15) is 4.79 Å². The van der Waals surface area contributed by atoms with E-state index >= 15 is 0 Å². The third kappa shape index (κ3) is 5.48. The van der Waals surface area contributed by atoms with Gasteiger partial charge in [0.1, 0.15) is 0 Å². The summed E-state index contributed by atoms with van der Waals surface area (Å²) in [5.41, 5.74) is 3.22. The Morgan fingerprint density at radius 3 is 2.30 bits per heavy atom. The minimum Gasteiger partial charge on any atom is -0.372 e. The zero-order chi connectivity index (χ0) is 20.9. The van der Waals surface area contributed by atoms with Gasteiger partial charge in [-0.25, -0.2) is 0 Å². The van der Waals surface area contributed by atoms with Gasteiger partial charge < -0.3 is 10.2 Å². The third-order valence-electron chi connectivity index (χ3n) is 6.22. The van der Waals surface area contributed by atoms with Crippen LogP contribution in [0, 0.1) is 5.92 Å². The molecule has 2 aromatic rings. The summed E-state index contributed by atoms with van der Waals surface area (Å²) in [5, 5.41) is 4.47. The molecule has 1 amide bonds. The van der Waals surface area contributed by atoms with E-state index in [4.69, 9.17) is 23.2 Å². The maximum Gasteiger partial charge on any atom is 0.227 e. The standard InChI is InChI=1S/C24H29Cl2N3O/c25-20-5-4-19(23(26)16-20)17-28-14-10-18(11-15-28)24(30)27-21-6-8-22(9-7-21)29-12-2-1-3-13-29/h4-9,16,18H,1-3,10-15,17H2,(H,27,30). The molecule has 30 heavy (non-hydrogen) atoms. The monoisotopic (exact) mass is 445 g/mol. The van der Waals surface area contributed by atoms with E-state index in [2.05, 4.69) is 27.2 Å². The average molecular weight is 446 g/mol. The molecule has 2 aliphatic heterocycles. The Hall–Kier alpha value is -1.75. The highest BCUT2D eigenvalue weighted by molar-refractivity contribution is 6.35. The number of nitrogens with one attached hydrogen (secondary N) is 1. The molecule has 0 aliphatic carbocycles. The van der Waals surface area contributed by atoms with Crippen molar-refractivity contribution in [2.24, 2.45) is 5.92 Å². The molecule has 0 atom stereocenters. The van der Waals surface area contributed by atoms with E-state index in [0.29, 0.717) is 10.0 Å². The van der Waals surface area contributed by atoms with Gasteiger partial charge >= 0.3 is 0 Å². The summed E-state index contributed by atoms with van der Waals surface area (Å²) in [4.78, 5) is 17.5. The number of rotatable bonds is 5. The molecule has 6 heteroatoms. The molecule has 0 radical (unpaired) electrons. The zero-order valence-electron chi connectivity index (χ0n) is 17.2. The first-order valence-electron chi connectivity index (χ1n) is 10.9. The topological polar surface area (TPSA) is 35.6 Å². The summed E-state index contributed by atoms with van der Waals surface area (Å²) in [7, 11) is 0. The van der Waals surface area contributed by atoms with Crippen LogP contribution in [-0.2, 0) is 11.3 Å². The van der Waals surface area contributed by atoms with Crippen LogP contribution in [0.25, 0.3) is 0 Å². The fourth-order valence-electron chi connectivity index (χ4n) is 4.40. The van der Waals surface area contributed by atoms with Gasteiger partial charge in [-0.15, -0.1) is 0 Å². The van der Waals surface area contributed by atoms with Crippen molar-refractivity contribution in [1.82, 2.24) is 4.90 Å². The Morgan fingerprint density at radius 2 is 1.63 bits per heavy atom. The van der Waals surface area contributed by atoms with E-state index in [1.165, 1.54) is 24.9 Å². The first-order valence-corrected chi connectivity index (χ1v) is 11.7. The van der Waals surface area contributed by atoms with Crippen molar-refractivity contribution >= 4 is 40.5 Å². The largest absolute Gasteiger partial charge is 0.372 e. The van der Waals surface area contributed by atoms with E-state index in [1.54, 1.807) is 6.07 Å². The molecule has 2 aliphatic rings. The maximum atomic E-state index is 12.7. The van der Waals surface area contributed by atoms with E-state index < -0.39 is 0 Å². The molecule has 0 bridgehead atoms. The van der Waals surface area contributed by atoms with Crippen molar-refractivity contribution in [3.05, 3.63) is 58.1 Å². The van der Waals surface area contributed by atoms with Crippen LogP contribution in [0.5, 0.6) is 0 Å². The summed E-state index contributed by atoms with van der Waals surface area (Å²) < 4.78 is 0. The molecule has 4 nitrogen and oxygen atoms in total. The number of anilines is 2. The summed E-state index contributed by atoms with van der Waals surface area (Å²) in [6, 6.07) is 13.9. The lowest BCUT2D eigenvalue weighted by atomic mass is 9.95. The SMILES string of the molecule is O=C(Nc1ccc(N2CCCCC2)cc1)C1CCN(Cc2ccc(Cl)cc2Cl)CC1. The first-order chi connectivity index (χ1) is 14.6. The van der Waals surface area contributed by atoms with Gasteiger partial charge in [0.25, 0.3) is 0 Å². The lowest BCUT2D eigenvalue weighted by Crippen LogP contribution is -2.37. The predicted molar refractivity (Wildman–Crippen MR) is 126 cm³/mol. The number of carbonyl (C=O) groups is 1. The Bertz CT molecular complexity index is 857. The molecule has 2 fully saturated rings. The minimum atomic E-state index is 0.0590. The number of halogens is 2. The molecule has 2 saturated heterocycles. The summed E-state index contributed by atoms with van der Waals surface area (Å²) in [6.45, 7) is 4.84. The van der Waals surface area contributed by atoms with E-state index in [0.717, 1.165) is 56.8 Å². The number of hydrogen-bond donors (Lipinski definition) is 1. The number of piperidine rings is 2. The van der Waals surface area contributed by atoms with Crippen molar-refractivity contribution < 1.29 is 4.79 Å². The molecule has 160 valence electrons. The van der Waals surface area contributed by atoms with Crippen LogP contribution in [0.2, 0.25) is 10.0 Å². The van der Waals surface area contributed by atoms with Crippen molar-refractivity contribution in [2.75, 3.05) is 36.4 Å². The Morgan fingerprint density at radius 1 is 0.933 bits per heavy atom. The predicted octanol–water partition coefficient (Wildman–Crippen LogP) is 5.83. The third-order valence-corrected chi connectivity index (χ3v) is 6.81. The van der Waals surface area contributed by atoms with Gasteiger partial charge in [0.15, 0.2) is 0 Å². The minimum absolute atomic E-state index is 0.0590. The number of hydrogen-bond acceptors (Lipinski definition) is 3. The highest BCUT2D eigenvalue weighted by Crippen LogP contribution is 2.26. The second-order valence-corrected chi connectivity index (χ2v) is 9.21. The van der Waals surface area contributed by atoms with Crippen molar-refractivity contribution in [1.29, 1.82) is 0 Å². The van der Waals surface area contributed by atoms with Crippen LogP contribution in [-0.4, -0.2) is 37.0 Å². The molecule has 0 unspecified atom stereocenters. The Balaban J connectivity index is 1.26. The van der Waals surface area contributed by atoms with Crippen LogP contribution < -0.4 is 10.2 Å². The maximum absolute atomic E-state index is 12.7. The number of nitrogens with zero attached hydrogens (tertiary/aromatic N) is 2. The smallest absolute Gasteiger partial charge is 0.227 e. The molecule has 2 heterocycles. The summed E-state index contributed by atoms with van der Waals surface area (Å²) >= 11 is 12.3. The van der Waals surface area contributed by atoms with Gasteiger partial charge in [-0.05, 0) is 87.2 Å². The van der Waals surface area contributed by atoms with Crippen LogP contribution in [0.1, 0.15) is 37.7 Å². The molecule has 2 aromatic carbocycles. The molecular formula is C24H29Cl2N3O. The van der Waals surface area contributed by atoms with Crippen molar-refractivity contribution in [2.45, 2.75) is 38.6 Å². The quantitative estimate of drug-likeness (QED) is 0.627. The van der Waals surface area contributed by atoms with Gasteiger partial charge in [-0.1, -0.05) is 29.3 Å². The molecule has 0 saturated carbocycles. The van der Waals surface area contributed by atoms with Crippen LogP contribution >= 0.6 is 23.2 Å². The Labute approximate surface area is 189 Å². The summed E-state index contributed by atoms with van der Waals surface area (Å²) in [6.07, 6.45) is 5.59. The lowest BCUT2D eigenvalue weighted by molar-refractivity contribution is -0.121. The number of benzene rings is 2. The summed E-state index contributed by atoms with van der Waals surface area (Å²) in [5.74, 6) is 0.189. The normalized spacial score (nSPS) is 18.4. The van der Waals surface area contributed by atoms with Crippen LogP contribution in [0.15, 0.2) is 42.5 Å². The molecular weight excluding hydrogens is 417 g/mol. The molecule has 4 rings (SSSR count). The van der Waals surface area contributed by atoms with E-state index in [-0.39, 0.29) is 11.8 Å². The lowest BCUT2D eigenvalue weighted by Gasteiger charge is -2.31. The molecule has 0 spiro atoms. The van der Waals surface area contributed by atoms with E-state index in [1.807, 2.05) is 24.3 Å². The second-order valence-electron chi connectivity index (χ2n) is 8.37. The van der Waals surface area contributed by atoms with Gasteiger partial charge in [0.05, 0.1) is 0 Å². The fourth-order valence-corrected chi connectivity index (χ4v) is 4.86. The zero-order valence-corrected chi connectivity index (χ0v) is 18.8. The molecule has 0 aromatic heterocycles. The average Bonchev–Trinajstić information content (AvgIpc) is 2.77. The Kier molecular flexibility index (Phi) is 7.19. The van der Waals surface area contributed by atoms with Gasteiger partial charge in [-0.3, -0.25) is 9.69 Å². The second kappa shape index (κ2) is 10.0. The highest BCUT2D eigenvalue weighted by Gasteiger charge is 2.25. The first kappa shape index (κ1) is 21.5. The van der Waals surface area contributed by atoms with Crippen molar-refractivity contribution in [3.8, 4) is 0 Å². The molecule has 1 N–H and O–H groups in total. The number of likely N-dealkylation sites (tertiary alicyclic amines) is 1. The van der Waals surface area contributed by atoms with Crippen LogP contribution in [0.3, 0.4) is 0 Å². The highest BCUT2D eigenvalue weighted by atomic mass is 35.5. The number of carbonyl (C=O) groups excluding carboxylic acids is 1. The van der Waals surface area contributed by atoms with Gasteiger partial charge in [0, 0.05) is 47.0 Å². The van der Waals surface area contributed by atoms with Gasteiger partial charge in [-0.2, -0.15) is 0 Å². The van der Waals surface area contributed by atoms with Crippen LogP contribution in [0.4, 0.5) is 11.4 Å². The van der Waals surface area contributed by atoms with Crippen molar-refractivity contribution in [3.63, 3.8) is 0 Å². The van der Waals surface area contributed by atoms with Gasteiger partial charge in [0.2, 0.25) is 5.91 Å². The fraction of sp³-hybridized carbons (Fsp3) is 0.458. The number of amides is 1.